The average molecular weight is 497 g/mol. The monoisotopic (exact) mass is 495 g/mol. The zero-order valence-corrected chi connectivity index (χ0v) is 21.1. The Bertz CT molecular complexity index is 1060. The van der Waals surface area contributed by atoms with Gasteiger partial charge in [-0.05, 0) is 75.4 Å². The Morgan fingerprint density at radius 2 is 1.75 bits per heavy atom. The number of aromatic nitrogens is 3. The van der Waals surface area contributed by atoms with Crippen molar-refractivity contribution in [2.75, 3.05) is 5.32 Å². The number of anilines is 1. The zero-order valence-electron chi connectivity index (χ0n) is 18.6. The number of pyridine rings is 1. The molecule has 3 N–H and O–H groups in total. The van der Waals surface area contributed by atoms with Crippen LogP contribution < -0.4 is 11.1 Å². The Kier molecular flexibility index (Phi) is 10.9. The predicted molar refractivity (Wildman–Crippen MR) is 142 cm³/mol. The smallest absolute Gasteiger partial charge is 0.155 e. The van der Waals surface area contributed by atoms with Crippen molar-refractivity contribution in [2.45, 2.75) is 52.1 Å². The summed E-state index contributed by atoms with van der Waals surface area (Å²) >= 11 is 0. The first-order valence-electron chi connectivity index (χ1n) is 10.4. The van der Waals surface area contributed by atoms with Gasteiger partial charge in [0.1, 0.15) is 5.82 Å². The summed E-state index contributed by atoms with van der Waals surface area (Å²) in [5.74, 6) is 2.11. The number of nitrogens with zero attached hydrogens (tertiary/aromatic N) is 3. The second-order valence-electron chi connectivity index (χ2n) is 8.29. The molecule has 0 saturated heterocycles. The highest BCUT2D eigenvalue weighted by atomic mass is 35.5. The van der Waals surface area contributed by atoms with Crippen molar-refractivity contribution in [3.63, 3.8) is 0 Å². The van der Waals surface area contributed by atoms with Gasteiger partial charge in [0.2, 0.25) is 0 Å². The Morgan fingerprint density at radius 3 is 2.47 bits per heavy atom. The molecular formula is C24H32Cl3N5. The second kappa shape index (κ2) is 12.4. The molecule has 1 fully saturated rings. The number of fused-ring (bicyclic) bond motifs is 1. The molecule has 3 atom stereocenters. The molecule has 32 heavy (non-hydrogen) atoms. The Balaban J connectivity index is 0.00000171. The molecule has 1 saturated carbocycles. The number of aryl methyl sites for hydroxylation is 2. The van der Waals surface area contributed by atoms with Crippen molar-refractivity contribution in [1.82, 2.24) is 15.0 Å². The Hall–Kier alpha value is -1.92. The molecule has 3 unspecified atom stereocenters. The van der Waals surface area contributed by atoms with E-state index in [1.54, 1.807) is 0 Å². The standard InChI is InChI=1S/C24H29N5.3ClH/c1-15-7-10-22-20(13-15)24(28-21-11-8-18(25)14-16(21)2)29-23(27-22)12-9-19-6-4-5-17(3)26-19;;;/h4-7,9-10,12-13,16,18,21H,8,11,14,25H2,1-3H3,(H,27,28,29);3*1H/b12-9+;;;. The highest BCUT2D eigenvalue weighted by molar-refractivity contribution is 5.90. The number of hydrogen-bond acceptors (Lipinski definition) is 5. The predicted octanol–water partition coefficient (Wildman–Crippen LogP) is 6.01. The largest absolute Gasteiger partial charge is 0.366 e. The van der Waals surface area contributed by atoms with Gasteiger partial charge in [-0.15, -0.1) is 37.2 Å². The van der Waals surface area contributed by atoms with Crippen LogP contribution in [0, 0.1) is 19.8 Å². The summed E-state index contributed by atoms with van der Waals surface area (Å²) in [6.45, 7) is 6.36. The number of benzene rings is 1. The highest BCUT2D eigenvalue weighted by Gasteiger charge is 2.26. The topological polar surface area (TPSA) is 76.7 Å². The van der Waals surface area contributed by atoms with Crippen LogP contribution in [-0.4, -0.2) is 27.0 Å². The third-order valence-electron chi connectivity index (χ3n) is 5.71. The first-order valence-corrected chi connectivity index (χ1v) is 10.4. The van der Waals surface area contributed by atoms with E-state index in [1.807, 2.05) is 37.3 Å². The van der Waals surface area contributed by atoms with E-state index in [0.717, 1.165) is 47.4 Å². The lowest BCUT2D eigenvalue weighted by Gasteiger charge is -2.33. The van der Waals surface area contributed by atoms with Crippen molar-refractivity contribution in [3.8, 4) is 0 Å². The molecule has 1 aliphatic rings. The van der Waals surface area contributed by atoms with Gasteiger partial charge in [-0.3, -0.25) is 4.98 Å². The summed E-state index contributed by atoms with van der Waals surface area (Å²) in [5.41, 5.74) is 10.2. The summed E-state index contributed by atoms with van der Waals surface area (Å²) in [4.78, 5) is 14.1. The van der Waals surface area contributed by atoms with Crippen LogP contribution in [0.4, 0.5) is 5.82 Å². The van der Waals surface area contributed by atoms with Crippen LogP contribution in [0.5, 0.6) is 0 Å². The van der Waals surface area contributed by atoms with Crippen LogP contribution >= 0.6 is 37.2 Å². The van der Waals surface area contributed by atoms with Crippen LogP contribution in [0.3, 0.4) is 0 Å². The van der Waals surface area contributed by atoms with Gasteiger partial charge in [0.05, 0.1) is 11.2 Å². The van der Waals surface area contributed by atoms with Gasteiger partial charge >= 0.3 is 0 Å². The normalized spacial score (nSPS) is 20.2. The highest BCUT2D eigenvalue weighted by Crippen LogP contribution is 2.29. The zero-order chi connectivity index (χ0) is 20.4. The molecule has 0 aliphatic heterocycles. The van der Waals surface area contributed by atoms with Crippen molar-refractivity contribution in [2.24, 2.45) is 11.7 Å². The molecule has 0 amide bonds. The van der Waals surface area contributed by atoms with Crippen LogP contribution in [-0.2, 0) is 0 Å². The van der Waals surface area contributed by atoms with E-state index in [4.69, 9.17) is 15.7 Å². The molecular weight excluding hydrogens is 465 g/mol. The summed E-state index contributed by atoms with van der Waals surface area (Å²) in [6.07, 6.45) is 7.07. The van der Waals surface area contributed by atoms with E-state index in [2.05, 4.69) is 42.3 Å². The first kappa shape index (κ1) is 28.1. The molecule has 1 aliphatic carbocycles. The molecule has 3 aromatic rings. The molecule has 174 valence electrons. The van der Waals surface area contributed by atoms with Crippen molar-refractivity contribution in [3.05, 3.63) is 59.2 Å². The maximum atomic E-state index is 6.15. The molecule has 0 bridgehead atoms. The fraction of sp³-hybridized carbons (Fsp3) is 0.375. The molecule has 0 radical (unpaired) electrons. The number of rotatable bonds is 4. The molecule has 2 heterocycles. The minimum Gasteiger partial charge on any atom is -0.366 e. The van der Waals surface area contributed by atoms with Gasteiger partial charge in [0.25, 0.3) is 0 Å². The number of nitrogens with two attached hydrogens (primary N) is 1. The van der Waals surface area contributed by atoms with E-state index in [-0.39, 0.29) is 37.2 Å². The van der Waals surface area contributed by atoms with Gasteiger partial charge in [0.15, 0.2) is 5.82 Å². The molecule has 0 spiro atoms. The maximum absolute atomic E-state index is 6.15. The van der Waals surface area contributed by atoms with Crippen LogP contribution in [0.1, 0.15) is 49.0 Å². The summed E-state index contributed by atoms with van der Waals surface area (Å²) in [7, 11) is 0. The van der Waals surface area contributed by atoms with Gasteiger partial charge in [-0.1, -0.05) is 24.6 Å². The minimum absolute atomic E-state index is 0. The lowest BCUT2D eigenvalue weighted by molar-refractivity contribution is 0.314. The van der Waals surface area contributed by atoms with Crippen LogP contribution in [0.25, 0.3) is 23.1 Å². The molecule has 8 heteroatoms. The van der Waals surface area contributed by atoms with Crippen LogP contribution in [0.15, 0.2) is 36.4 Å². The SMILES string of the molecule is Cc1ccc2nc(/C=C/c3cccc(C)n3)nc(NC3CCC(N)CC3C)c2c1.Cl.Cl.Cl. The van der Waals surface area contributed by atoms with E-state index in [0.29, 0.717) is 23.8 Å². The third kappa shape index (κ3) is 6.79. The average Bonchev–Trinajstić information content (AvgIpc) is 2.69. The van der Waals surface area contributed by atoms with Crippen molar-refractivity contribution < 1.29 is 0 Å². The lowest BCUT2D eigenvalue weighted by atomic mass is 9.83. The molecule has 1 aromatic carbocycles. The van der Waals surface area contributed by atoms with Gasteiger partial charge in [-0.25, -0.2) is 9.97 Å². The van der Waals surface area contributed by atoms with Crippen LogP contribution in [0.2, 0.25) is 0 Å². The maximum Gasteiger partial charge on any atom is 0.155 e. The fourth-order valence-corrected chi connectivity index (χ4v) is 4.09. The first-order chi connectivity index (χ1) is 14.0. The van der Waals surface area contributed by atoms with E-state index in [1.165, 1.54) is 5.56 Å². The summed E-state index contributed by atoms with van der Waals surface area (Å²) in [5, 5.41) is 4.78. The van der Waals surface area contributed by atoms with Crippen molar-refractivity contribution in [1.29, 1.82) is 0 Å². The Labute approximate surface area is 208 Å². The summed E-state index contributed by atoms with van der Waals surface area (Å²) in [6, 6.07) is 13.0. The van der Waals surface area contributed by atoms with Gasteiger partial charge in [0, 0.05) is 23.2 Å². The van der Waals surface area contributed by atoms with E-state index in [9.17, 15) is 0 Å². The molecule has 2 aromatic heterocycles. The minimum atomic E-state index is 0. The van der Waals surface area contributed by atoms with Crippen molar-refractivity contribution >= 4 is 66.1 Å². The van der Waals surface area contributed by atoms with E-state index < -0.39 is 0 Å². The van der Waals surface area contributed by atoms with Gasteiger partial charge in [-0.2, -0.15) is 0 Å². The van der Waals surface area contributed by atoms with E-state index >= 15 is 0 Å². The number of halogens is 3. The third-order valence-corrected chi connectivity index (χ3v) is 5.71. The number of hydrogen-bond donors (Lipinski definition) is 2. The number of nitrogens with one attached hydrogen (secondary N) is 1. The molecule has 4 rings (SSSR count). The Morgan fingerprint density at radius 1 is 0.969 bits per heavy atom. The fourth-order valence-electron chi connectivity index (χ4n) is 4.09. The quantitative estimate of drug-likeness (QED) is 0.463. The lowest BCUT2D eigenvalue weighted by Crippen LogP contribution is -2.39. The van der Waals surface area contributed by atoms with Gasteiger partial charge < -0.3 is 11.1 Å². The summed E-state index contributed by atoms with van der Waals surface area (Å²) < 4.78 is 0. The second-order valence-corrected chi connectivity index (χ2v) is 8.29. The molecule has 5 nitrogen and oxygen atoms in total.